The fraction of sp³-hybridized carbons (Fsp3) is 0.0435. The summed E-state index contributed by atoms with van der Waals surface area (Å²) in [5, 5.41) is 5.50. The standard InChI is InChI=1S/C23H20N2O3/c26-22(19-11-5-2-6-12-19)25-21(15-7-13-20-14-8-16-28-20)23(27)24-17-18-9-3-1-4-10-18/h1-16H,17H2,(H,24,27)(H,25,26). The zero-order valence-corrected chi connectivity index (χ0v) is 15.2. The van der Waals surface area contributed by atoms with Gasteiger partial charge in [-0.05, 0) is 42.0 Å². The second-order valence-corrected chi connectivity index (χ2v) is 5.94. The van der Waals surface area contributed by atoms with Crippen LogP contribution in [0, 0.1) is 0 Å². The maximum atomic E-state index is 12.6. The van der Waals surface area contributed by atoms with Crippen LogP contribution in [0.2, 0.25) is 0 Å². The normalized spacial score (nSPS) is 11.4. The van der Waals surface area contributed by atoms with Gasteiger partial charge in [-0.15, -0.1) is 0 Å². The van der Waals surface area contributed by atoms with E-state index in [1.54, 1.807) is 60.9 Å². The van der Waals surface area contributed by atoms with Crippen LogP contribution in [0.25, 0.3) is 6.08 Å². The van der Waals surface area contributed by atoms with Gasteiger partial charge in [0, 0.05) is 12.1 Å². The number of benzene rings is 2. The van der Waals surface area contributed by atoms with Crippen LogP contribution < -0.4 is 10.6 Å². The summed E-state index contributed by atoms with van der Waals surface area (Å²) in [6.45, 7) is 0.361. The molecule has 0 bridgehead atoms. The van der Waals surface area contributed by atoms with Gasteiger partial charge in [-0.2, -0.15) is 0 Å². The molecule has 0 radical (unpaired) electrons. The molecule has 5 nitrogen and oxygen atoms in total. The number of carbonyl (C=O) groups is 2. The van der Waals surface area contributed by atoms with Gasteiger partial charge in [0.1, 0.15) is 11.5 Å². The molecule has 2 aromatic carbocycles. The van der Waals surface area contributed by atoms with Crippen LogP contribution >= 0.6 is 0 Å². The number of nitrogens with one attached hydrogen (secondary N) is 2. The van der Waals surface area contributed by atoms with Gasteiger partial charge in [0.2, 0.25) is 0 Å². The Balaban J connectivity index is 1.73. The highest BCUT2D eigenvalue weighted by Gasteiger charge is 2.13. The average Bonchev–Trinajstić information content (AvgIpc) is 3.26. The number of rotatable bonds is 7. The predicted molar refractivity (Wildman–Crippen MR) is 108 cm³/mol. The summed E-state index contributed by atoms with van der Waals surface area (Å²) in [4.78, 5) is 25.1. The van der Waals surface area contributed by atoms with Crippen LogP contribution in [0.1, 0.15) is 21.7 Å². The largest absolute Gasteiger partial charge is 0.465 e. The molecule has 1 aromatic heterocycles. The lowest BCUT2D eigenvalue weighted by Gasteiger charge is -2.10. The highest BCUT2D eigenvalue weighted by Crippen LogP contribution is 2.05. The van der Waals surface area contributed by atoms with Crippen molar-refractivity contribution in [2.75, 3.05) is 0 Å². The van der Waals surface area contributed by atoms with Crippen molar-refractivity contribution in [2.24, 2.45) is 0 Å². The maximum Gasteiger partial charge on any atom is 0.268 e. The van der Waals surface area contributed by atoms with Crippen LogP contribution in [0.5, 0.6) is 0 Å². The van der Waals surface area contributed by atoms with Crippen LogP contribution in [0.15, 0.2) is 101 Å². The molecule has 3 rings (SSSR count). The minimum atomic E-state index is -0.378. The molecule has 0 aliphatic rings. The summed E-state index contributed by atoms with van der Waals surface area (Å²) in [5.74, 6) is -0.0833. The fourth-order valence-electron chi connectivity index (χ4n) is 2.46. The van der Waals surface area contributed by atoms with E-state index in [0.29, 0.717) is 17.9 Å². The van der Waals surface area contributed by atoms with Gasteiger partial charge in [-0.25, -0.2) is 0 Å². The smallest absolute Gasteiger partial charge is 0.268 e. The maximum absolute atomic E-state index is 12.6. The van der Waals surface area contributed by atoms with Crippen molar-refractivity contribution < 1.29 is 14.0 Å². The van der Waals surface area contributed by atoms with E-state index < -0.39 is 0 Å². The molecule has 0 spiro atoms. The summed E-state index contributed by atoms with van der Waals surface area (Å²) >= 11 is 0. The van der Waals surface area contributed by atoms with Crippen molar-refractivity contribution in [2.45, 2.75) is 6.54 Å². The van der Waals surface area contributed by atoms with Crippen LogP contribution in [0.3, 0.4) is 0 Å². The second kappa shape index (κ2) is 9.73. The molecule has 0 aliphatic carbocycles. The fourth-order valence-corrected chi connectivity index (χ4v) is 2.46. The monoisotopic (exact) mass is 372 g/mol. The Morgan fingerprint density at radius 3 is 2.29 bits per heavy atom. The van der Waals surface area contributed by atoms with Gasteiger partial charge >= 0.3 is 0 Å². The Hall–Kier alpha value is -3.86. The Kier molecular flexibility index (Phi) is 6.57. The first-order valence-corrected chi connectivity index (χ1v) is 8.83. The summed E-state index contributed by atoms with van der Waals surface area (Å²) < 4.78 is 5.23. The van der Waals surface area contributed by atoms with E-state index in [1.807, 2.05) is 36.4 Å². The van der Waals surface area contributed by atoms with Crippen molar-refractivity contribution in [1.29, 1.82) is 0 Å². The summed E-state index contributed by atoms with van der Waals surface area (Å²) in [6.07, 6.45) is 6.47. The van der Waals surface area contributed by atoms with E-state index in [0.717, 1.165) is 5.56 Å². The van der Waals surface area contributed by atoms with E-state index in [9.17, 15) is 9.59 Å². The van der Waals surface area contributed by atoms with E-state index >= 15 is 0 Å². The first-order chi connectivity index (χ1) is 13.7. The molecule has 0 fully saturated rings. The topological polar surface area (TPSA) is 71.3 Å². The molecule has 0 saturated heterocycles. The van der Waals surface area contributed by atoms with E-state index in [4.69, 9.17) is 4.42 Å². The quantitative estimate of drug-likeness (QED) is 0.488. The molecule has 1 heterocycles. The van der Waals surface area contributed by atoms with Gasteiger partial charge in [-0.3, -0.25) is 9.59 Å². The van der Waals surface area contributed by atoms with Gasteiger partial charge in [-0.1, -0.05) is 54.6 Å². The second-order valence-electron chi connectivity index (χ2n) is 5.94. The highest BCUT2D eigenvalue weighted by molar-refractivity contribution is 6.02. The lowest BCUT2D eigenvalue weighted by Crippen LogP contribution is -2.34. The van der Waals surface area contributed by atoms with E-state index in [1.165, 1.54) is 0 Å². The first-order valence-electron chi connectivity index (χ1n) is 8.83. The van der Waals surface area contributed by atoms with Crippen LogP contribution in [-0.4, -0.2) is 11.8 Å². The van der Waals surface area contributed by atoms with Crippen molar-refractivity contribution in [3.63, 3.8) is 0 Å². The molecular formula is C23H20N2O3. The Morgan fingerprint density at radius 2 is 1.61 bits per heavy atom. The molecule has 5 heteroatoms. The van der Waals surface area contributed by atoms with Crippen molar-refractivity contribution in [3.05, 3.63) is 114 Å². The molecule has 2 N–H and O–H groups in total. The molecule has 0 unspecified atom stereocenters. The molecule has 140 valence electrons. The number of allylic oxidation sites excluding steroid dienone is 2. The summed E-state index contributed by atoms with van der Waals surface area (Å²) in [6, 6.07) is 21.9. The van der Waals surface area contributed by atoms with Crippen LogP contribution in [-0.2, 0) is 11.3 Å². The molecule has 2 amide bonds. The van der Waals surface area contributed by atoms with Crippen LogP contribution in [0.4, 0.5) is 0 Å². The third kappa shape index (κ3) is 5.57. The van der Waals surface area contributed by atoms with Gasteiger partial charge in [0.15, 0.2) is 0 Å². The van der Waals surface area contributed by atoms with Gasteiger partial charge in [0.05, 0.1) is 6.26 Å². The summed E-state index contributed by atoms with van der Waals surface area (Å²) in [7, 11) is 0. The average molecular weight is 372 g/mol. The molecule has 3 aromatic rings. The van der Waals surface area contributed by atoms with Crippen molar-refractivity contribution in [1.82, 2.24) is 10.6 Å². The number of carbonyl (C=O) groups excluding carboxylic acids is 2. The molecule has 0 aliphatic heterocycles. The first kappa shape index (κ1) is 18.9. The Labute approximate surface area is 163 Å². The number of hydrogen-bond donors (Lipinski definition) is 2. The van der Waals surface area contributed by atoms with E-state index in [-0.39, 0.29) is 17.5 Å². The third-order valence-corrected chi connectivity index (χ3v) is 3.89. The lowest BCUT2D eigenvalue weighted by atomic mass is 10.2. The minimum Gasteiger partial charge on any atom is -0.465 e. The minimum absolute atomic E-state index is 0.146. The molecule has 28 heavy (non-hydrogen) atoms. The highest BCUT2D eigenvalue weighted by atomic mass is 16.3. The number of furan rings is 1. The molecular weight excluding hydrogens is 352 g/mol. The SMILES string of the molecule is O=C(NCc1ccccc1)C(=CC=Cc1ccco1)NC(=O)c1ccccc1. The zero-order valence-electron chi connectivity index (χ0n) is 15.2. The number of hydrogen-bond acceptors (Lipinski definition) is 3. The Morgan fingerprint density at radius 1 is 0.893 bits per heavy atom. The zero-order chi connectivity index (χ0) is 19.6. The predicted octanol–water partition coefficient (Wildman–Crippen LogP) is 3.92. The van der Waals surface area contributed by atoms with Crippen molar-refractivity contribution in [3.8, 4) is 0 Å². The van der Waals surface area contributed by atoms with E-state index in [2.05, 4.69) is 10.6 Å². The van der Waals surface area contributed by atoms with Gasteiger partial charge in [0.25, 0.3) is 11.8 Å². The van der Waals surface area contributed by atoms with Crippen molar-refractivity contribution >= 4 is 17.9 Å². The number of amides is 2. The molecule has 0 saturated carbocycles. The molecule has 0 atom stereocenters. The third-order valence-electron chi connectivity index (χ3n) is 3.89. The summed E-state index contributed by atoms with van der Waals surface area (Å²) in [5.41, 5.74) is 1.59. The lowest BCUT2D eigenvalue weighted by molar-refractivity contribution is -0.118. The Bertz CT molecular complexity index is 960. The van der Waals surface area contributed by atoms with Gasteiger partial charge < -0.3 is 15.1 Å².